The lowest BCUT2D eigenvalue weighted by Crippen LogP contribution is -2.69. The summed E-state index contributed by atoms with van der Waals surface area (Å²) in [5.74, 6) is 3.23. The van der Waals surface area contributed by atoms with E-state index < -0.39 is 0 Å². The van der Waals surface area contributed by atoms with Gasteiger partial charge in [-0.3, -0.25) is 0 Å². The number of benzene rings is 1. The van der Waals surface area contributed by atoms with Crippen LogP contribution in [0.5, 0.6) is 0 Å². The van der Waals surface area contributed by atoms with Crippen molar-refractivity contribution in [3.8, 4) is 0 Å². The van der Waals surface area contributed by atoms with Crippen molar-refractivity contribution in [1.29, 1.82) is 0 Å². The van der Waals surface area contributed by atoms with Gasteiger partial charge in [-0.2, -0.15) is 0 Å². The number of fused-ring (bicyclic) bond motifs is 2. The third-order valence-corrected chi connectivity index (χ3v) is 7.79. The lowest BCUT2D eigenvalue weighted by atomic mass is 9.54. The summed E-state index contributed by atoms with van der Waals surface area (Å²) in [7, 11) is 1.99. The number of aromatic nitrogens is 3. The summed E-state index contributed by atoms with van der Waals surface area (Å²) < 4.78 is 8.18. The summed E-state index contributed by atoms with van der Waals surface area (Å²) in [6.07, 6.45) is 6.72. The molecule has 3 aliphatic rings. The molecule has 3 fully saturated rings. The highest BCUT2D eigenvalue weighted by atomic mass is 16.5. The first-order valence-electron chi connectivity index (χ1n) is 11.7. The SMILES string of the molecule is Cc1nnc(CN=C(NC(C)c2ccccc2)NC2C3CCOC3C23CCCC3)n1C. The predicted molar refractivity (Wildman–Crippen MR) is 121 cm³/mol. The molecule has 31 heavy (non-hydrogen) atoms. The Kier molecular flexibility index (Phi) is 5.46. The highest BCUT2D eigenvalue weighted by Crippen LogP contribution is 2.60. The van der Waals surface area contributed by atoms with Gasteiger partial charge < -0.3 is 19.9 Å². The number of ether oxygens (including phenoxy) is 1. The van der Waals surface area contributed by atoms with E-state index in [0.717, 1.165) is 30.6 Å². The zero-order chi connectivity index (χ0) is 21.4. The van der Waals surface area contributed by atoms with E-state index in [1.807, 2.05) is 18.5 Å². The van der Waals surface area contributed by atoms with Crippen molar-refractivity contribution in [2.45, 2.75) is 70.7 Å². The maximum atomic E-state index is 6.18. The number of aryl methyl sites for hydroxylation is 1. The van der Waals surface area contributed by atoms with Gasteiger partial charge in [0.2, 0.25) is 0 Å². The van der Waals surface area contributed by atoms with Gasteiger partial charge in [-0.05, 0) is 38.7 Å². The zero-order valence-corrected chi connectivity index (χ0v) is 18.8. The van der Waals surface area contributed by atoms with Gasteiger partial charge in [0.1, 0.15) is 12.4 Å². The van der Waals surface area contributed by atoms with E-state index in [1.165, 1.54) is 31.2 Å². The molecule has 4 atom stereocenters. The molecule has 1 aliphatic heterocycles. The summed E-state index contributed by atoms with van der Waals surface area (Å²) >= 11 is 0. The van der Waals surface area contributed by atoms with Crippen molar-refractivity contribution in [1.82, 2.24) is 25.4 Å². The first-order chi connectivity index (χ1) is 15.1. The number of hydrogen-bond acceptors (Lipinski definition) is 4. The van der Waals surface area contributed by atoms with Gasteiger partial charge >= 0.3 is 0 Å². The molecular weight excluding hydrogens is 388 g/mol. The Bertz CT molecular complexity index is 933. The highest BCUT2D eigenvalue weighted by molar-refractivity contribution is 5.81. The topological polar surface area (TPSA) is 76.4 Å². The molecule has 7 nitrogen and oxygen atoms in total. The molecule has 0 radical (unpaired) electrons. The fourth-order valence-corrected chi connectivity index (χ4v) is 5.95. The predicted octanol–water partition coefficient (Wildman–Crippen LogP) is 3.27. The Morgan fingerprint density at radius 1 is 1.26 bits per heavy atom. The number of nitrogens with one attached hydrogen (secondary N) is 2. The van der Waals surface area contributed by atoms with Crippen molar-refractivity contribution < 1.29 is 4.74 Å². The Balaban J connectivity index is 1.38. The van der Waals surface area contributed by atoms with E-state index in [0.29, 0.717) is 24.6 Å². The first kappa shape index (κ1) is 20.5. The van der Waals surface area contributed by atoms with E-state index >= 15 is 0 Å². The van der Waals surface area contributed by atoms with Crippen LogP contribution in [0.15, 0.2) is 35.3 Å². The van der Waals surface area contributed by atoms with Crippen LogP contribution in [0.4, 0.5) is 0 Å². The van der Waals surface area contributed by atoms with Gasteiger partial charge in [-0.15, -0.1) is 10.2 Å². The average molecular weight is 423 g/mol. The minimum atomic E-state index is 0.156. The summed E-state index contributed by atoms with van der Waals surface area (Å²) in [5, 5.41) is 16.0. The van der Waals surface area contributed by atoms with Crippen LogP contribution < -0.4 is 10.6 Å². The minimum absolute atomic E-state index is 0.156. The van der Waals surface area contributed by atoms with Gasteiger partial charge in [0, 0.05) is 31.0 Å². The number of aliphatic imine (C=N–C) groups is 1. The molecule has 2 saturated carbocycles. The third-order valence-electron chi connectivity index (χ3n) is 7.79. The van der Waals surface area contributed by atoms with Gasteiger partial charge in [-0.25, -0.2) is 4.99 Å². The maximum absolute atomic E-state index is 6.18. The van der Waals surface area contributed by atoms with Crippen LogP contribution in [0.2, 0.25) is 0 Å². The summed E-state index contributed by atoms with van der Waals surface area (Å²) in [6, 6.07) is 11.1. The van der Waals surface area contributed by atoms with Crippen molar-refractivity contribution in [2.24, 2.45) is 23.4 Å². The largest absolute Gasteiger partial charge is 0.377 e. The summed E-state index contributed by atoms with van der Waals surface area (Å²) in [4.78, 5) is 4.95. The molecule has 5 rings (SSSR count). The molecule has 2 aromatic rings. The molecule has 166 valence electrons. The van der Waals surface area contributed by atoms with Crippen molar-refractivity contribution in [3.63, 3.8) is 0 Å². The van der Waals surface area contributed by atoms with E-state index in [9.17, 15) is 0 Å². The number of guanidine groups is 1. The normalized spacial score (nSPS) is 27.7. The van der Waals surface area contributed by atoms with Crippen LogP contribution in [-0.2, 0) is 18.3 Å². The van der Waals surface area contributed by atoms with Crippen molar-refractivity contribution >= 4 is 5.96 Å². The molecule has 0 amide bonds. The summed E-state index contributed by atoms with van der Waals surface area (Å²) in [6.45, 7) is 5.55. The molecule has 7 heteroatoms. The van der Waals surface area contributed by atoms with Gasteiger partial charge in [0.25, 0.3) is 0 Å². The molecule has 0 bridgehead atoms. The number of nitrogens with zero attached hydrogens (tertiary/aromatic N) is 4. The molecule has 2 aliphatic carbocycles. The monoisotopic (exact) mass is 422 g/mol. The fraction of sp³-hybridized carbons (Fsp3) is 0.625. The van der Waals surface area contributed by atoms with E-state index in [2.05, 4.69) is 58.1 Å². The standard InChI is InChI=1S/C24H34N6O/c1-16(18-9-5-4-6-10-18)26-23(25-15-20-29-28-17(2)30(20)3)27-21-19-11-14-31-22(19)24(21)12-7-8-13-24/h4-6,9-10,16,19,21-22H,7-8,11-15H2,1-3H3,(H2,25,26,27). The second-order valence-corrected chi connectivity index (χ2v) is 9.47. The zero-order valence-electron chi connectivity index (χ0n) is 18.8. The molecule has 2 heterocycles. The van der Waals surface area contributed by atoms with Crippen LogP contribution >= 0.6 is 0 Å². The third kappa shape index (κ3) is 3.63. The lowest BCUT2D eigenvalue weighted by Gasteiger charge is -2.57. The molecule has 4 unspecified atom stereocenters. The van der Waals surface area contributed by atoms with Gasteiger partial charge in [-0.1, -0.05) is 43.2 Å². The summed E-state index contributed by atoms with van der Waals surface area (Å²) in [5.41, 5.74) is 1.53. The fourth-order valence-electron chi connectivity index (χ4n) is 5.95. The van der Waals surface area contributed by atoms with Gasteiger partial charge in [0.15, 0.2) is 11.8 Å². The van der Waals surface area contributed by atoms with Crippen molar-refractivity contribution in [2.75, 3.05) is 6.61 Å². The molecule has 1 spiro atoms. The van der Waals surface area contributed by atoms with E-state index in [4.69, 9.17) is 9.73 Å². The maximum Gasteiger partial charge on any atom is 0.192 e. The van der Waals surface area contributed by atoms with Crippen molar-refractivity contribution in [3.05, 3.63) is 47.5 Å². The van der Waals surface area contributed by atoms with E-state index in [1.54, 1.807) is 0 Å². The Morgan fingerprint density at radius 3 is 2.74 bits per heavy atom. The average Bonchev–Trinajstić information content (AvgIpc) is 3.52. The van der Waals surface area contributed by atoms with Crippen LogP contribution in [0.3, 0.4) is 0 Å². The smallest absolute Gasteiger partial charge is 0.192 e. The molecule has 1 aromatic heterocycles. The van der Waals surface area contributed by atoms with Crippen LogP contribution in [-0.4, -0.2) is 39.5 Å². The minimum Gasteiger partial charge on any atom is -0.377 e. The number of rotatable bonds is 5. The molecule has 1 aromatic carbocycles. The second-order valence-electron chi connectivity index (χ2n) is 9.47. The van der Waals surface area contributed by atoms with Crippen LogP contribution in [0.1, 0.15) is 62.3 Å². The Labute approximate surface area is 184 Å². The number of hydrogen-bond donors (Lipinski definition) is 2. The molecular formula is C24H34N6O. The molecule has 2 N–H and O–H groups in total. The lowest BCUT2D eigenvalue weighted by molar-refractivity contribution is -0.125. The quantitative estimate of drug-likeness (QED) is 0.571. The van der Waals surface area contributed by atoms with Gasteiger partial charge in [0.05, 0.1) is 12.1 Å². The van der Waals surface area contributed by atoms with Crippen LogP contribution in [0.25, 0.3) is 0 Å². The van der Waals surface area contributed by atoms with E-state index in [-0.39, 0.29) is 11.5 Å². The Hall–Kier alpha value is -2.41. The first-order valence-corrected chi connectivity index (χ1v) is 11.7. The second kappa shape index (κ2) is 8.26. The van der Waals surface area contributed by atoms with Crippen LogP contribution in [0, 0.1) is 18.3 Å². The Morgan fingerprint density at radius 2 is 2.03 bits per heavy atom. The molecule has 1 saturated heterocycles. The highest BCUT2D eigenvalue weighted by Gasteiger charge is 2.65.